The zero-order valence-corrected chi connectivity index (χ0v) is 20.9. The van der Waals surface area contributed by atoms with Crippen LogP contribution in [0.1, 0.15) is 47.2 Å². The maximum absolute atomic E-state index is 15.5. The van der Waals surface area contributed by atoms with Crippen molar-refractivity contribution in [3.63, 3.8) is 0 Å². The highest BCUT2D eigenvalue weighted by Crippen LogP contribution is 2.42. The second kappa shape index (κ2) is 9.77. The summed E-state index contributed by atoms with van der Waals surface area (Å²) in [5.74, 6) is -2.65. The molecule has 0 atom stereocenters. The van der Waals surface area contributed by atoms with Crippen LogP contribution in [0.25, 0.3) is 0 Å². The molecule has 6 nitrogen and oxygen atoms in total. The lowest BCUT2D eigenvalue weighted by Crippen LogP contribution is -2.45. The van der Waals surface area contributed by atoms with Crippen molar-refractivity contribution in [1.82, 2.24) is 5.32 Å². The number of benzene rings is 2. The van der Waals surface area contributed by atoms with Gasteiger partial charge in [0.1, 0.15) is 5.82 Å². The molecule has 2 aromatic carbocycles. The summed E-state index contributed by atoms with van der Waals surface area (Å²) in [6, 6.07) is 0.930. The Labute approximate surface area is 211 Å². The maximum atomic E-state index is 15.5. The second-order valence-electron chi connectivity index (χ2n) is 8.79. The van der Waals surface area contributed by atoms with Crippen molar-refractivity contribution in [2.75, 3.05) is 6.26 Å². The first-order valence-electron chi connectivity index (χ1n) is 10.7. The van der Waals surface area contributed by atoms with Crippen LogP contribution in [-0.2, 0) is 32.0 Å². The summed E-state index contributed by atoms with van der Waals surface area (Å²) < 4.78 is 157. The van der Waals surface area contributed by atoms with E-state index in [9.17, 15) is 52.4 Å². The maximum Gasteiger partial charge on any atom is 0.416 e. The molecule has 2 aromatic rings. The lowest BCUT2D eigenvalue weighted by atomic mass is 9.93. The van der Waals surface area contributed by atoms with E-state index >= 15 is 4.39 Å². The van der Waals surface area contributed by atoms with Gasteiger partial charge in [-0.1, -0.05) is 0 Å². The first kappa shape index (κ1) is 29.8. The van der Waals surface area contributed by atoms with Crippen LogP contribution < -0.4 is 5.32 Å². The molecule has 0 heterocycles. The van der Waals surface area contributed by atoms with Crippen LogP contribution in [0.5, 0.6) is 0 Å². The number of alkyl halides is 7. The van der Waals surface area contributed by atoms with Crippen LogP contribution in [0, 0.1) is 5.82 Å². The largest absolute Gasteiger partial charge is 0.416 e. The molecule has 0 bridgehead atoms. The van der Waals surface area contributed by atoms with Crippen molar-refractivity contribution < 1.29 is 56.8 Å². The number of carbonyl (C=O) groups is 1. The Morgan fingerprint density at radius 1 is 0.895 bits per heavy atom. The van der Waals surface area contributed by atoms with E-state index in [0.29, 0.717) is 24.5 Å². The third-order valence-electron chi connectivity index (χ3n) is 6.01. The lowest BCUT2D eigenvalue weighted by Gasteiger charge is -2.34. The van der Waals surface area contributed by atoms with Crippen molar-refractivity contribution in [2.45, 2.75) is 58.9 Å². The van der Waals surface area contributed by atoms with Gasteiger partial charge in [-0.2, -0.15) is 26.3 Å². The van der Waals surface area contributed by atoms with E-state index in [1.54, 1.807) is 0 Å². The molecule has 1 aliphatic rings. The van der Waals surface area contributed by atoms with Gasteiger partial charge < -0.3 is 5.32 Å². The molecular formula is C22H19F8NO5S2. The Bertz CT molecular complexity index is 1460. The van der Waals surface area contributed by atoms with Crippen molar-refractivity contribution in [3.05, 3.63) is 58.9 Å². The predicted molar refractivity (Wildman–Crippen MR) is 117 cm³/mol. The molecule has 1 amide bonds. The molecule has 0 spiro atoms. The highest BCUT2D eigenvalue weighted by atomic mass is 32.2. The minimum absolute atomic E-state index is 0.0579. The number of hydrogen-bond donors (Lipinski definition) is 1. The number of nitrogens with one attached hydrogen (secondary N) is 1. The highest BCUT2D eigenvalue weighted by Gasteiger charge is 2.49. The lowest BCUT2D eigenvalue weighted by molar-refractivity contribution is -0.138. The fourth-order valence-electron chi connectivity index (χ4n) is 4.01. The van der Waals surface area contributed by atoms with E-state index in [4.69, 9.17) is 0 Å². The third-order valence-corrected chi connectivity index (χ3v) is 9.38. The van der Waals surface area contributed by atoms with E-state index in [-0.39, 0.29) is 31.0 Å². The standard InChI is InChI=1S/C22H19F8NO5S2/c1-37(33,34)18-10-12(21(25,26)27)2-3-17(18)19(32)31-15-4-6-20(24,7-5-15)38(35,36)16-9-13(22(28,29)30)8-14(23)11-16/h2-3,8-11,15H,4-7H2,1H3,(H,31,32). The number of sulfone groups is 2. The average Bonchev–Trinajstić information content (AvgIpc) is 2.78. The number of rotatable bonds is 5. The van der Waals surface area contributed by atoms with Crippen molar-refractivity contribution in [3.8, 4) is 0 Å². The fourth-order valence-corrected chi connectivity index (χ4v) is 6.66. The molecular weight excluding hydrogens is 574 g/mol. The molecule has 1 aliphatic carbocycles. The van der Waals surface area contributed by atoms with Gasteiger partial charge in [0.15, 0.2) is 9.84 Å². The summed E-state index contributed by atoms with van der Waals surface area (Å²) in [4.78, 5) is 10.6. The topological polar surface area (TPSA) is 97.4 Å². The second-order valence-corrected chi connectivity index (χ2v) is 13.0. The zero-order chi connectivity index (χ0) is 28.9. The number of amides is 1. The van der Waals surface area contributed by atoms with E-state index < -0.39 is 94.1 Å². The minimum atomic E-state index is -5.12. The van der Waals surface area contributed by atoms with Gasteiger partial charge in [-0.15, -0.1) is 0 Å². The highest BCUT2D eigenvalue weighted by molar-refractivity contribution is 7.92. The van der Waals surface area contributed by atoms with Crippen molar-refractivity contribution in [1.29, 1.82) is 0 Å². The normalized spacial score (nSPS) is 21.2. The molecule has 38 heavy (non-hydrogen) atoms. The summed E-state index contributed by atoms with van der Waals surface area (Å²) in [5.41, 5.74) is -3.56. The molecule has 0 radical (unpaired) electrons. The molecule has 0 saturated heterocycles. The summed E-state index contributed by atoms with van der Waals surface area (Å²) in [7, 11) is -9.42. The van der Waals surface area contributed by atoms with Gasteiger partial charge in [0, 0.05) is 12.3 Å². The summed E-state index contributed by atoms with van der Waals surface area (Å²) in [6.07, 6.45) is -11.8. The van der Waals surface area contributed by atoms with Crippen LogP contribution >= 0.6 is 0 Å². The first-order chi connectivity index (χ1) is 17.1. The molecule has 0 aromatic heterocycles. The zero-order valence-electron chi connectivity index (χ0n) is 19.3. The molecule has 0 unspecified atom stereocenters. The van der Waals surface area contributed by atoms with Crippen LogP contribution in [0.3, 0.4) is 0 Å². The van der Waals surface area contributed by atoms with Crippen LogP contribution in [-0.4, -0.2) is 40.0 Å². The molecule has 210 valence electrons. The van der Waals surface area contributed by atoms with E-state index in [2.05, 4.69) is 5.32 Å². The number of hydrogen-bond acceptors (Lipinski definition) is 5. The first-order valence-corrected chi connectivity index (χ1v) is 14.1. The summed E-state index contributed by atoms with van der Waals surface area (Å²) >= 11 is 0. The van der Waals surface area contributed by atoms with Crippen molar-refractivity contribution >= 4 is 25.6 Å². The monoisotopic (exact) mass is 593 g/mol. The van der Waals surface area contributed by atoms with Crippen LogP contribution in [0.15, 0.2) is 46.2 Å². The Hall–Kier alpha value is -2.75. The van der Waals surface area contributed by atoms with Crippen molar-refractivity contribution in [2.24, 2.45) is 0 Å². The Balaban J connectivity index is 1.81. The van der Waals surface area contributed by atoms with Crippen LogP contribution in [0.4, 0.5) is 35.1 Å². The Morgan fingerprint density at radius 3 is 1.95 bits per heavy atom. The van der Waals surface area contributed by atoms with E-state index in [1.165, 1.54) is 0 Å². The molecule has 3 rings (SSSR count). The smallest absolute Gasteiger partial charge is 0.349 e. The van der Waals surface area contributed by atoms with E-state index in [1.807, 2.05) is 0 Å². The molecule has 1 N–H and O–H groups in total. The molecule has 0 aliphatic heterocycles. The van der Waals surface area contributed by atoms with Gasteiger partial charge >= 0.3 is 12.4 Å². The van der Waals surface area contributed by atoms with Gasteiger partial charge in [0.2, 0.25) is 14.8 Å². The van der Waals surface area contributed by atoms with Gasteiger partial charge in [-0.05, 0) is 62.1 Å². The van der Waals surface area contributed by atoms with Gasteiger partial charge in [-0.25, -0.2) is 25.6 Å². The number of carbonyl (C=O) groups excluding carboxylic acids is 1. The van der Waals surface area contributed by atoms with Gasteiger partial charge in [0.25, 0.3) is 5.91 Å². The number of halogens is 8. The molecule has 1 saturated carbocycles. The quantitative estimate of drug-likeness (QED) is 0.488. The van der Waals surface area contributed by atoms with Gasteiger partial charge in [0.05, 0.1) is 26.5 Å². The molecule has 1 fully saturated rings. The SMILES string of the molecule is CS(=O)(=O)c1cc(C(F)(F)F)ccc1C(=O)NC1CCC(F)(S(=O)(=O)c2cc(F)cc(C(F)(F)F)c2)CC1. The molecule has 16 heteroatoms. The van der Waals surface area contributed by atoms with E-state index in [0.717, 1.165) is 0 Å². The van der Waals surface area contributed by atoms with Crippen LogP contribution in [0.2, 0.25) is 0 Å². The fraction of sp³-hybridized carbons (Fsp3) is 0.409. The Kier molecular flexibility index (Phi) is 7.66. The summed E-state index contributed by atoms with van der Waals surface area (Å²) in [5, 5.41) is -0.782. The average molecular weight is 594 g/mol. The Morgan fingerprint density at radius 2 is 1.45 bits per heavy atom. The minimum Gasteiger partial charge on any atom is -0.349 e. The van der Waals surface area contributed by atoms with Gasteiger partial charge in [-0.3, -0.25) is 4.79 Å². The third kappa shape index (κ3) is 6.11. The summed E-state index contributed by atoms with van der Waals surface area (Å²) in [6.45, 7) is 0. The predicted octanol–water partition coefficient (Wildman–Crippen LogP) is 5.08.